The van der Waals surface area contributed by atoms with E-state index >= 15 is 0 Å². The van der Waals surface area contributed by atoms with Gasteiger partial charge in [-0.15, -0.1) is 0 Å². The van der Waals surface area contributed by atoms with Gasteiger partial charge < -0.3 is 25.6 Å². The van der Waals surface area contributed by atoms with Crippen molar-refractivity contribution in [2.45, 2.75) is 25.3 Å². The van der Waals surface area contributed by atoms with E-state index in [-0.39, 0.29) is 11.8 Å². The van der Waals surface area contributed by atoms with Crippen molar-refractivity contribution >= 4 is 34.8 Å². The van der Waals surface area contributed by atoms with Gasteiger partial charge in [-0.3, -0.25) is 9.59 Å². The molecule has 0 unspecified atom stereocenters. The average Bonchev–Trinajstić information content (AvgIpc) is 3.37. The van der Waals surface area contributed by atoms with E-state index in [0.717, 1.165) is 29.8 Å². The lowest BCUT2D eigenvalue weighted by Gasteiger charge is -2.21. The van der Waals surface area contributed by atoms with Gasteiger partial charge in [0.1, 0.15) is 29.0 Å². The molecule has 0 spiro atoms. The number of hydrogen-bond donors (Lipinski definition) is 3. The fourth-order valence-electron chi connectivity index (χ4n) is 4.18. The molecule has 2 aliphatic heterocycles. The summed E-state index contributed by atoms with van der Waals surface area (Å²) in [5, 5.41) is 13.6. The number of ether oxygens (including phenoxy) is 1. The quantitative estimate of drug-likeness (QED) is 0.560. The highest BCUT2D eigenvalue weighted by molar-refractivity contribution is 6.02. The molecule has 10 heteroatoms. The van der Waals surface area contributed by atoms with E-state index in [9.17, 15) is 9.59 Å². The van der Waals surface area contributed by atoms with E-state index in [2.05, 4.69) is 32.1 Å². The van der Waals surface area contributed by atoms with Crippen molar-refractivity contribution in [3.8, 4) is 5.75 Å². The molecule has 2 aliphatic rings. The Morgan fingerprint density at radius 3 is 2.97 bits per heavy atom. The van der Waals surface area contributed by atoms with Gasteiger partial charge in [-0.2, -0.15) is 9.61 Å². The monoisotopic (exact) mass is 435 g/mol. The molecular weight excluding hydrogens is 410 g/mol. The maximum absolute atomic E-state index is 13.0. The highest BCUT2D eigenvalue weighted by Crippen LogP contribution is 2.35. The number of aromatic nitrogens is 3. The van der Waals surface area contributed by atoms with Crippen LogP contribution in [-0.4, -0.2) is 64.6 Å². The molecule has 10 nitrogen and oxygen atoms in total. The van der Waals surface area contributed by atoms with Gasteiger partial charge >= 0.3 is 0 Å². The number of fused-ring (bicyclic) bond motifs is 2. The Kier molecular flexibility index (Phi) is 5.04. The molecule has 1 fully saturated rings. The molecule has 1 atom stereocenters. The third-order valence-electron chi connectivity index (χ3n) is 5.90. The molecular formula is C22H25N7O3. The molecule has 0 bridgehead atoms. The number of para-hydroxylation sites is 1. The van der Waals surface area contributed by atoms with Gasteiger partial charge in [0.25, 0.3) is 5.91 Å². The Hall–Kier alpha value is -3.82. The summed E-state index contributed by atoms with van der Waals surface area (Å²) in [4.78, 5) is 31.4. The van der Waals surface area contributed by atoms with E-state index in [1.165, 1.54) is 6.20 Å². The molecule has 1 aromatic carbocycles. The summed E-state index contributed by atoms with van der Waals surface area (Å²) in [6, 6.07) is 7.29. The number of amides is 2. The molecule has 32 heavy (non-hydrogen) atoms. The van der Waals surface area contributed by atoms with Gasteiger partial charge in [0.15, 0.2) is 5.65 Å². The zero-order valence-electron chi connectivity index (χ0n) is 18.0. The summed E-state index contributed by atoms with van der Waals surface area (Å²) in [7, 11) is 3.51. The Balaban J connectivity index is 1.48. The standard InChI is InChI=1S/C22H25N7O3/c1-23-18-11-17(25-15-7-3-5-13-6-4-10-32-19(13)15)27-20-14(12-24-29(18)20)21(30)26-16-8-9-28(2)22(16)31/h3,5,7,11-12,16,23H,4,6,8-10H2,1-2H3,(H,25,27)(H,26,30)/t16-/m0/s1. The fourth-order valence-corrected chi connectivity index (χ4v) is 4.18. The topological polar surface area (TPSA) is 113 Å². The zero-order chi connectivity index (χ0) is 22.2. The van der Waals surface area contributed by atoms with Crippen molar-refractivity contribution in [3.63, 3.8) is 0 Å². The van der Waals surface area contributed by atoms with Crippen molar-refractivity contribution < 1.29 is 14.3 Å². The van der Waals surface area contributed by atoms with Crippen LogP contribution in [0.4, 0.5) is 17.3 Å². The Bertz CT molecular complexity index is 1210. The third kappa shape index (κ3) is 3.47. The molecule has 2 aromatic heterocycles. The van der Waals surface area contributed by atoms with Crippen molar-refractivity contribution in [1.82, 2.24) is 24.8 Å². The summed E-state index contributed by atoms with van der Waals surface area (Å²) < 4.78 is 7.46. The van der Waals surface area contributed by atoms with Crippen LogP contribution in [0.25, 0.3) is 5.65 Å². The Labute approximate surface area is 184 Å². The number of carbonyl (C=O) groups is 2. The number of hydrogen-bond acceptors (Lipinski definition) is 7. The number of anilines is 3. The van der Waals surface area contributed by atoms with Crippen LogP contribution < -0.4 is 20.7 Å². The van der Waals surface area contributed by atoms with Crippen LogP contribution in [0.2, 0.25) is 0 Å². The van der Waals surface area contributed by atoms with Crippen LogP contribution >= 0.6 is 0 Å². The smallest absolute Gasteiger partial charge is 0.257 e. The van der Waals surface area contributed by atoms with E-state index in [1.54, 1.807) is 23.5 Å². The van der Waals surface area contributed by atoms with E-state index in [4.69, 9.17) is 4.74 Å². The number of nitrogens with zero attached hydrogens (tertiary/aromatic N) is 4. The third-order valence-corrected chi connectivity index (χ3v) is 5.90. The van der Waals surface area contributed by atoms with Crippen LogP contribution in [0.1, 0.15) is 28.8 Å². The first kappa shape index (κ1) is 20.1. The van der Waals surface area contributed by atoms with Crippen molar-refractivity contribution in [1.29, 1.82) is 0 Å². The second-order valence-electron chi connectivity index (χ2n) is 8.02. The van der Waals surface area contributed by atoms with Crippen molar-refractivity contribution in [2.75, 3.05) is 37.9 Å². The first-order chi connectivity index (χ1) is 15.5. The van der Waals surface area contributed by atoms with Crippen LogP contribution in [0.5, 0.6) is 5.75 Å². The number of nitrogens with one attached hydrogen (secondary N) is 3. The van der Waals surface area contributed by atoms with Crippen LogP contribution in [-0.2, 0) is 11.2 Å². The summed E-state index contributed by atoms with van der Waals surface area (Å²) in [6.45, 7) is 1.31. The maximum atomic E-state index is 13.0. The summed E-state index contributed by atoms with van der Waals surface area (Å²) in [5.74, 6) is 1.59. The number of benzene rings is 1. The van der Waals surface area contributed by atoms with Gasteiger partial charge in [0.2, 0.25) is 5.91 Å². The van der Waals surface area contributed by atoms with E-state index in [1.807, 2.05) is 18.2 Å². The van der Waals surface area contributed by atoms with Gasteiger partial charge in [-0.05, 0) is 30.9 Å². The minimum atomic E-state index is -0.527. The Morgan fingerprint density at radius 1 is 1.31 bits per heavy atom. The lowest BCUT2D eigenvalue weighted by molar-refractivity contribution is -0.128. The molecule has 1 saturated heterocycles. The predicted molar refractivity (Wildman–Crippen MR) is 120 cm³/mol. The van der Waals surface area contributed by atoms with Crippen molar-refractivity contribution in [2.24, 2.45) is 0 Å². The summed E-state index contributed by atoms with van der Waals surface area (Å²) in [6.07, 6.45) is 4.03. The summed E-state index contributed by atoms with van der Waals surface area (Å²) in [5.41, 5.74) is 2.68. The van der Waals surface area contributed by atoms with Crippen molar-refractivity contribution in [3.05, 3.63) is 41.6 Å². The number of carbonyl (C=O) groups excluding carboxylic acids is 2. The highest BCUT2D eigenvalue weighted by Gasteiger charge is 2.31. The minimum absolute atomic E-state index is 0.0881. The first-order valence-corrected chi connectivity index (χ1v) is 10.7. The molecule has 0 saturated carbocycles. The maximum Gasteiger partial charge on any atom is 0.257 e. The summed E-state index contributed by atoms with van der Waals surface area (Å²) >= 11 is 0. The average molecular weight is 435 g/mol. The number of aryl methyl sites for hydroxylation is 1. The first-order valence-electron chi connectivity index (χ1n) is 10.7. The zero-order valence-corrected chi connectivity index (χ0v) is 18.0. The molecule has 0 radical (unpaired) electrons. The normalized spacial score (nSPS) is 17.8. The molecule has 0 aliphatic carbocycles. The predicted octanol–water partition coefficient (Wildman–Crippen LogP) is 1.80. The highest BCUT2D eigenvalue weighted by atomic mass is 16.5. The van der Waals surface area contributed by atoms with E-state index in [0.29, 0.717) is 42.4 Å². The number of rotatable bonds is 5. The van der Waals surface area contributed by atoms with Crippen LogP contribution in [0, 0.1) is 0 Å². The van der Waals surface area contributed by atoms with Crippen LogP contribution in [0.15, 0.2) is 30.5 Å². The van der Waals surface area contributed by atoms with Gasteiger partial charge in [0, 0.05) is 26.7 Å². The van der Waals surface area contributed by atoms with Gasteiger partial charge in [-0.1, -0.05) is 12.1 Å². The molecule has 2 amide bonds. The lowest BCUT2D eigenvalue weighted by Crippen LogP contribution is -2.40. The minimum Gasteiger partial charge on any atom is -0.491 e. The van der Waals surface area contributed by atoms with Gasteiger partial charge in [-0.25, -0.2) is 4.98 Å². The van der Waals surface area contributed by atoms with Gasteiger partial charge in [0.05, 0.1) is 18.5 Å². The van der Waals surface area contributed by atoms with Crippen LogP contribution in [0.3, 0.4) is 0 Å². The second kappa shape index (κ2) is 8.03. The molecule has 3 aromatic rings. The molecule has 4 heterocycles. The fraction of sp³-hybridized carbons (Fsp3) is 0.364. The lowest BCUT2D eigenvalue weighted by atomic mass is 10.1. The second-order valence-corrected chi connectivity index (χ2v) is 8.02. The molecule has 5 rings (SSSR count). The molecule has 3 N–H and O–H groups in total. The van der Waals surface area contributed by atoms with E-state index < -0.39 is 6.04 Å². The SMILES string of the molecule is CNc1cc(Nc2cccc3c2OCCC3)nc2c(C(=O)N[C@H]3CCN(C)C3=O)cnn12. The Morgan fingerprint density at radius 2 is 2.19 bits per heavy atom. The largest absolute Gasteiger partial charge is 0.491 e. The molecule has 166 valence electrons. The number of likely N-dealkylation sites (tertiary alicyclic amines) is 1. The number of likely N-dealkylation sites (N-methyl/N-ethyl adjacent to an activating group) is 1.